The van der Waals surface area contributed by atoms with E-state index in [0.717, 1.165) is 53.2 Å². The molecule has 4 nitrogen and oxygen atoms in total. The lowest BCUT2D eigenvalue weighted by molar-refractivity contribution is 0.108. The van der Waals surface area contributed by atoms with Crippen LogP contribution < -0.4 is 0 Å². The lowest BCUT2D eigenvalue weighted by Crippen LogP contribution is -2.46. The van der Waals surface area contributed by atoms with Crippen LogP contribution in [-0.4, -0.2) is 59.3 Å². The summed E-state index contributed by atoms with van der Waals surface area (Å²) in [6, 6.07) is 16.2. The van der Waals surface area contributed by atoms with Gasteiger partial charge in [0.1, 0.15) is 9.57 Å². The number of benzene rings is 2. The molecule has 1 aromatic heterocycles. The Morgan fingerprint density at radius 1 is 0.897 bits per heavy atom. The van der Waals surface area contributed by atoms with Gasteiger partial charge in [0.2, 0.25) is 0 Å². The van der Waals surface area contributed by atoms with Crippen LogP contribution >= 0.6 is 32.9 Å². The van der Waals surface area contributed by atoms with Crippen molar-refractivity contribution in [3.63, 3.8) is 0 Å². The fraction of sp³-hybridized carbons (Fsp3) is 0.318. The van der Waals surface area contributed by atoms with E-state index in [1.807, 2.05) is 24.3 Å². The molecule has 0 unspecified atom stereocenters. The van der Waals surface area contributed by atoms with Crippen LogP contribution in [0.3, 0.4) is 0 Å². The third-order valence-corrected chi connectivity index (χ3v) is 8.38. The zero-order valence-corrected chi connectivity index (χ0v) is 18.5. The fourth-order valence-corrected chi connectivity index (χ4v) is 6.63. The molecule has 0 atom stereocenters. The summed E-state index contributed by atoms with van der Waals surface area (Å²) < 4.78 is 0.892. The highest BCUT2D eigenvalue weighted by Crippen LogP contribution is 2.42. The van der Waals surface area contributed by atoms with Crippen LogP contribution in [0.15, 0.2) is 48.5 Å². The first-order valence-electron chi connectivity index (χ1n) is 9.72. The number of aliphatic hydroxyl groups is 1. The van der Waals surface area contributed by atoms with E-state index in [0.29, 0.717) is 12.3 Å². The number of hydrogen-bond acceptors (Lipinski definition) is 7. The maximum Gasteiger partial charge on any atom is 0.120 e. The first-order valence-corrected chi connectivity index (χ1v) is 12.3. The van der Waals surface area contributed by atoms with Crippen LogP contribution in [0, 0.1) is 3.82 Å². The fourth-order valence-electron chi connectivity index (χ4n) is 3.71. The highest BCUT2D eigenvalue weighted by Gasteiger charge is 2.19. The van der Waals surface area contributed by atoms with Gasteiger partial charge in [0.15, 0.2) is 0 Å². The van der Waals surface area contributed by atoms with Gasteiger partial charge in [-0.05, 0) is 23.3 Å². The number of piperazine rings is 1. The molecule has 3 aromatic rings. The Morgan fingerprint density at radius 2 is 1.62 bits per heavy atom. The van der Waals surface area contributed by atoms with Crippen molar-refractivity contribution in [3.05, 3.63) is 57.9 Å². The molecule has 0 saturated carbocycles. The van der Waals surface area contributed by atoms with Gasteiger partial charge in [-0.15, -0.1) is 0 Å². The SMILES string of the molecule is OCCN1CCN(Cc2cc(-c3c(-c4ccccc4)ssc3=S)ccc2O)CC1. The van der Waals surface area contributed by atoms with Crippen LogP contribution in [0.4, 0.5) is 0 Å². The average molecular weight is 445 g/mol. The smallest absolute Gasteiger partial charge is 0.120 e. The number of rotatable bonds is 6. The third kappa shape index (κ3) is 4.77. The summed E-state index contributed by atoms with van der Waals surface area (Å²) in [5.41, 5.74) is 4.27. The molecule has 0 radical (unpaired) electrons. The maximum absolute atomic E-state index is 10.5. The minimum absolute atomic E-state index is 0.206. The van der Waals surface area contributed by atoms with Crippen molar-refractivity contribution in [1.82, 2.24) is 9.80 Å². The highest BCUT2D eigenvalue weighted by molar-refractivity contribution is 7.80. The van der Waals surface area contributed by atoms with E-state index in [1.165, 1.54) is 10.4 Å². The van der Waals surface area contributed by atoms with E-state index >= 15 is 0 Å². The third-order valence-electron chi connectivity index (χ3n) is 5.31. The molecule has 0 bridgehead atoms. The van der Waals surface area contributed by atoms with Crippen molar-refractivity contribution in [1.29, 1.82) is 0 Å². The van der Waals surface area contributed by atoms with Gasteiger partial charge in [-0.1, -0.05) is 69.3 Å². The zero-order valence-electron chi connectivity index (χ0n) is 16.1. The second-order valence-corrected chi connectivity index (χ2v) is 10.0. The van der Waals surface area contributed by atoms with Gasteiger partial charge >= 0.3 is 0 Å². The van der Waals surface area contributed by atoms with Gasteiger partial charge in [0.05, 0.1) is 11.5 Å². The molecular weight excluding hydrogens is 420 g/mol. The molecule has 0 aliphatic carbocycles. The number of nitrogens with zero attached hydrogens (tertiary/aromatic N) is 2. The van der Waals surface area contributed by atoms with Crippen molar-refractivity contribution in [3.8, 4) is 27.3 Å². The number of aromatic hydroxyl groups is 1. The molecule has 1 aliphatic rings. The highest BCUT2D eigenvalue weighted by atomic mass is 32.9. The summed E-state index contributed by atoms with van der Waals surface area (Å²) in [5, 5.41) is 19.6. The monoisotopic (exact) mass is 444 g/mol. The van der Waals surface area contributed by atoms with Gasteiger partial charge in [-0.2, -0.15) is 0 Å². The largest absolute Gasteiger partial charge is 0.508 e. The van der Waals surface area contributed by atoms with Gasteiger partial charge < -0.3 is 10.2 Å². The van der Waals surface area contributed by atoms with Crippen LogP contribution in [0.2, 0.25) is 0 Å². The molecule has 1 fully saturated rings. The van der Waals surface area contributed by atoms with Crippen LogP contribution in [0.5, 0.6) is 5.75 Å². The molecule has 7 heteroatoms. The Bertz CT molecular complexity index is 1010. The molecule has 2 heterocycles. The number of aliphatic hydroxyl groups excluding tert-OH is 1. The summed E-state index contributed by atoms with van der Waals surface area (Å²) in [7, 11) is 3.34. The van der Waals surface area contributed by atoms with E-state index in [4.69, 9.17) is 17.3 Å². The molecule has 152 valence electrons. The summed E-state index contributed by atoms with van der Waals surface area (Å²) in [6.45, 7) is 5.42. The molecule has 0 amide bonds. The summed E-state index contributed by atoms with van der Waals surface area (Å²) in [6.07, 6.45) is 0. The molecule has 1 aliphatic heterocycles. The molecule has 4 rings (SSSR count). The summed E-state index contributed by atoms with van der Waals surface area (Å²) >= 11 is 5.66. The van der Waals surface area contributed by atoms with E-state index in [1.54, 1.807) is 26.7 Å². The molecular formula is C22H24N2O2S3. The number of β-amino-alcohol motifs (C(OH)–C–C–N with tert-alkyl or cyclic N) is 1. The van der Waals surface area contributed by atoms with E-state index in [9.17, 15) is 5.11 Å². The molecule has 2 aromatic carbocycles. The quantitative estimate of drug-likeness (QED) is 0.427. The van der Waals surface area contributed by atoms with Gasteiger partial charge in [0, 0.05) is 50.4 Å². The van der Waals surface area contributed by atoms with Crippen molar-refractivity contribution < 1.29 is 10.2 Å². The van der Waals surface area contributed by atoms with E-state index in [2.05, 4.69) is 28.0 Å². The van der Waals surface area contributed by atoms with Crippen molar-refractivity contribution >= 4 is 32.9 Å². The van der Waals surface area contributed by atoms with E-state index < -0.39 is 0 Å². The Morgan fingerprint density at radius 3 is 2.34 bits per heavy atom. The maximum atomic E-state index is 10.5. The molecule has 2 N–H and O–H groups in total. The Balaban J connectivity index is 1.59. The lowest BCUT2D eigenvalue weighted by Gasteiger charge is -2.34. The van der Waals surface area contributed by atoms with Gasteiger partial charge in [-0.25, -0.2) is 0 Å². The molecule has 0 spiro atoms. The number of phenols is 1. The molecule has 1 saturated heterocycles. The zero-order chi connectivity index (χ0) is 20.2. The van der Waals surface area contributed by atoms with Crippen LogP contribution in [0.25, 0.3) is 21.6 Å². The van der Waals surface area contributed by atoms with E-state index in [-0.39, 0.29) is 6.61 Å². The van der Waals surface area contributed by atoms with Gasteiger partial charge in [-0.3, -0.25) is 9.80 Å². The second kappa shape index (κ2) is 9.47. The van der Waals surface area contributed by atoms with Crippen molar-refractivity contribution in [2.75, 3.05) is 39.3 Å². The van der Waals surface area contributed by atoms with Crippen LogP contribution in [-0.2, 0) is 6.54 Å². The van der Waals surface area contributed by atoms with Gasteiger partial charge in [0.25, 0.3) is 0 Å². The van der Waals surface area contributed by atoms with Crippen molar-refractivity contribution in [2.45, 2.75) is 6.54 Å². The predicted molar refractivity (Wildman–Crippen MR) is 124 cm³/mol. The number of hydrogen-bond donors (Lipinski definition) is 2. The topological polar surface area (TPSA) is 46.9 Å². The second-order valence-electron chi connectivity index (χ2n) is 7.21. The normalized spacial score (nSPS) is 15.6. The van der Waals surface area contributed by atoms with Crippen molar-refractivity contribution in [2.24, 2.45) is 0 Å². The summed E-state index contributed by atoms with van der Waals surface area (Å²) in [5.74, 6) is 0.331. The standard InChI is InChI=1S/C22H24N2O2S3/c25-13-12-23-8-10-24(11-9-23)15-18-14-17(6-7-19(18)26)20-21(28-29-22(20)27)16-4-2-1-3-5-16/h1-7,14,25-26H,8-13,15H2. The Hall–Kier alpha value is -1.61. The Labute approximate surface area is 183 Å². The predicted octanol–water partition coefficient (Wildman–Crippen LogP) is 4.69. The molecule has 29 heavy (non-hydrogen) atoms. The first-order chi connectivity index (χ1) is 14.2. The van der Waals surface area contributed by atoms with Crippen LogP contribution in [0.1, 0.15) is 5.56 Å². The average Bonchev–Trinajstić information content (AvgIpc) is 3.13. The minimum atomic E-state index is 0.206. The lowest BCUT2D eigenvalue weighted by atomic mass is 10.0. The minimum Gasteiger partial charge on any atom is -0.508 e. The Kier molecular flexibility index (Phi) is 6.74. The summed E-state index contributed by atoms with van der Waals surface area (Å²) in [4.78, 5) is 5.82. The first kappa shape index (κ1) is 20.7. The number of phenolic OH excluding ortho intramolecular Hbond substituents is 1.